The molecule has 1 aliphatic rings. The second-order valence-electron chi connectivity index (χ2n) is 5.44. The van der Waals surface area contributed by atoms with Crippen LogP contribution in [0.25, 0.3) is 0 Å². The molecule has 6 heteroatoms. The molecule has 0 aromatic carbocycles. The Hall–Kier alpha value is -0.880. The van der Waals surface area contributed by atoms with Crippen LogP contribution >= 0.6 is 0 Å². The molecule has 102 valence electrons. The fourth-order valence-electron chi connectivity index (χ4n) is 2.87. The van der Waals surface area contributed by atoms with E-state index in [9.17, 15) is 8.42 Å². The smallest absolute Gasteiger partial charge is 0.152 e. The zero-order valence-electron chi connectivity index (χ0n) is 11.2. The van der Waals surface area contributed by atoms with Gasteiger partial charge in [-0.05, 0) is 45.7 Å². The highest BCUT2D eigenvalue weighted by molar-refractivity contribution is 7.91. The fraction of sp³-hybridized carbons (Fsp3) is 0.750. The van der Waals surface area contributed by atoms with Gasteiger partial charge in [0.1, 0.15) is 0 Å². The molecule has 1 aromatic rings. The van der Waals surface area contributed by atoms with Gasteiger partial charge in [-0.1, -0.05) is 0 Å². The molecular formula is C12H21N3O2S. The molecule has 0 spiro atoms. The van der Waals surface area contributed by atoms with Crippen LogP contribution in [0.2, 0.25) is 0 Å². The highest BCUT2D eigenvalue weighted by atomic mass is 32.2. The predicted molar refractivity (Wildman–Crippen MR) is 71.4 cm³/mol. The third kappa shape index (κ3) is 2.19. The van der Waals surface area contributed by atoms with Gasteiger partial charge in [0.25, 0.3) is 0 Å². The summed E-state index contributed by atoms with van der Waals surface area (Å²) in [5.41, 5.74) is 8.37. The van der Waals surface area contributed by atoms with Gasteiger partial charge in [-0.25, -0.2) is 8.42 Å². The molecule has 2 rings (SSSR count). The Morgan fingerprint density at radius 3 is 2.61 bits per heavy atom. The van der Waals surface area contributed by atoms with Crippen molar-refractivity contribution in [2.45, 2.75) is 39.2 Å². The lowest BCUT2D eigenvalue weighted by molar-refractivity contribution is 0.320. The molecule has 1 unspecified atom stereocenters. The van der Waals surface area contributed by atoms with Gasteiger partial charge in [0.2, 0.25) is 0 Å². The number of nitrogens with zero attached hydrogens (tertiary/aromatic N) is 2. The van der Waals surface area contributed by atoms with E-state index >= 15 is 0 Å². The normalized spacial score (nSPS) is 26.7. The molecule has 0 bridgehead atoms. The number of hydrogen-bond acceptors (Lipinski definition) is 4. The van der Waals surface area contributed by atoms with Crippen LogP contribution in [-0.4, -0.2) is 36.2 Å². The van der Waals surface area contributed by atoms with Crippen LogP contribution in [0.5, 0.6) is 0 Å². The first kappa shape index (κ1) is 13.5. The van der Waals surface area contributed by atoms with E-state index in [-0.39, 0.29) is 11.5 Å². The van der Waals surface area contributed by atoms with Crippen molar-refractivity contribution in [1.29, 1.82) is 0 Å². The van der Waals surface area contributed by atoms with E-state index in [1.165, 1.54) is 0 Å². The molecule has 5 nitrogen and oxygen atoms in total. The van der Waals surface area contributed by atoms with Crippen molar-refractivity contribution < 1.29 is 8.42 Å². The summed E-state index contributed by atoms with van der Waals surface area (Å²) in [7, 11) is -2.92. The number of nitrogens with two attached hydrogens (primary N) is 1. The molecule has 1 atom stereocenters. The number of rotatable bonds is 3. The van der Waals surface area contributed by atoms with E-state index in [1.807, 2.05) is 25.5 Å². The minimum atomic E-state index is -2.92. The van der Waals surface area contributed by atoms with Gasteiger partial charge in [0.15, 0.2) is 9.84 Å². The maximum absolute atomic E-state index is 11.7. The molecule has 2 heterocycles. The van der Waals surface area contributed by atoms with Gasteiger partial charge >= 0.3 is 0 Å². The van der Waals surface area contributed by atoms with E-state index in [0.29, 0.717) is 13.0 Å². The lowest BCUT2D eigenvalue weighted by Gasteiger charge is -2.24. The zero-order valence-corrected chi connectivity index (χ0v) is 12.0. The summed E-state index contributed by atoms with van der Waals surface area (Å²) in [5.74, 6) is 0.443. The summed E-state index contributed by atoms with van der Waals surface area (Å²) < 4.78 is 25.3. The van der Waals surface area contributed by atoms with Crippen LogP contribution in [0.15, 0.2) is 0 Å². The molecule has 1 aromatic heterocycles. The fourth-order valence-corrected chi connectivity index (χ4v) is 4.98. The highest BCUT2D eigenvalue weighted by Gasteiger charge is 2.41. The van der Waals surface area contributed by atoms with Gasteiger partial charge in [0.05, 0.1) is 22.7 Å². The lowest BCUT2D eigenvalue weighted by atomic mass is 10.0. The second-order valence-corrected chi connectivity index (χ2v) is 7.62. The second kappa shape index (κ2) is 4.35. The Bertz CT molecular complexity index is 562. The van der Waals surface area contributed by atoms with Crippen molar-refractivity contribution in [3.8, 4) is 0 Å². The molecule has 0 saturated carbocycles. The Morgan fingerprint density at radius 1 is 1.44 bits per heavy atom. The molecule has 1 fully saturated rings. The number of aryl methyl sites for hydroxylation is 1. The Kier molecular flexibility index (Phi) is 3.27. The molecule has 18 heavy (non-hydrogen) atoms. The average Bonchev–Trinajstić information content (AvgIpc) is 2.70. The third-order valence-electron chi connectivity index (χ3n) is 3.83. The predicted octanol–water partition coefficient (Wildman–Crippen LogP) is 0.535. The van der Waals surface area contributed by atoms with Crippen molar-refractivity contribution in [1.82, 2.24) is 9.78 Å². The number of aromatic nitrogens is 2. The van der Waals surface area contributed by atoms with Gasteiger partial charge < -0.3 is 5.73 Å². The zero-order chi connectivity index (χ0) is 13.6. The maximum Gasteiger partial charge on any atom is 0.152 e. The molecule has 1 saturated heterocycles. The quantitative estimate of drug-likeness (QED) is 0.870. The van der Waals surface area contributed by atoms with Crippen LogP contribution in [0.3, 0.4) is 0 Å². The topological polar surface area (TPSA) is 78.0 Å². The summed E-state index contributed by atoms with van der Waals surface area (Å²) in [6, 6.07) is 0. The Balaban J connectivity index is 2.44. The van der Waals surface area contributed by atoms with E-state index in [0.717, 1.165) is 23.4 Å². The molecular weight excluding hydrogens is 250 g/mol. The number of sulfone groups is 1. The summed E-state index contributed by atoms with van der Waals surface area (Å²) in [5, 5.41) is 4.54. The molecule has 0 amide bonds. The van der Waals surface area contributed by atoms with Gasteiger partial charge in [0, 0.05) is 5.69 Å². The van der Waals surface area contributed by atoms with Crippen LogP contribution in [0.4, 0.5) is 0 Å². The van der Waals surface area contributed by atoms with E-state index in [4.69, 9.17) is 5.73 Å². The molecule has 2 N–H and O–H groups in total. The molecule has 0 aliphatic carbocycles. The first-order valence-electron chi connectivity index (χ1n) is 6.25. The summed E-state index contributed by atoms with van der Waals surface area (Å²) >= 11 is 0. The monoisotopic (exact) mass is 271 g/mol. The summed E-state index contributed by atoms with van der Waals surface area (Å²) in [6.07, 6.45) is 1.43. The lowest BCUT2D eigenvalue weighted by Crippen LogP contribution is -2.33. The molecule has 0 radical (unpaired) electrons. The summed E-state index contributed by atoms with van der Waals surface area (Å²) in [6.45, 7) is 6.52. The van der Waals surface area contributed by atoms with Crippen LogP contribution in [-0.2, 0) is 21.8 Å². The minimum Gasteiger partial charge on any atom is -0.330 e. The summed E-state index contributed by atoms with van der Waals surface area (Å²) in [4.78, 5) is 0. The molecule has 1 aliphatic heterocycles. The van der Waals surface area contributed by atoms with Crippen molar-refractivity contribution in [2.75, 3.05) is 18.1 Å². The maximum atomic E-state index is 11.7. The van der Waals surface area contributed by atoms with E-state index < -0.39 is 15.4 Å². The Labute approximate surface area is 108 Å². The van der Waals surface area contributed by atoms with Crippen molar-refractivity contribution in [3.05, 3.63) is 17.0 Å². The van der Waals surface area contributed by atoms with Gasteiger partial charge in [-0.15, -0.1) is 0 Å². The minimum absolute atomic E-state index is 0.185. The Morgan fingerprint density at radius 2 is 2.11 bits per heavy atom. The first-order chi connectivity index (χ1) is 8.29. The van der Waals surface area contributed by atoms with E-state index in [1.54, 1.807) is 0 Å². The van der Waals surface area contributed by atoms with Gasteiger partial charge in [-0.3, -0.25) is 4.68 Å². The van der Waals surface area contributed by atoms with Gasteiger partial charge in [-0.2, -0.15) is 5.10 Å². The largest absolute Gasteiger partial charge is 0.330 e. The number of hydrogen-bond donors (Lipinski definition) is 1. The average molecular weight is 271 g/mol. The highest BCUT2D eigenvalue weighted by Crippen LogP contribution is 2.32. The van der Waals surface area contributed by atoms with Crippen molar-refractivity contribution >= 4 is 9.84 Å². The van der Waals surface area contributed by atoms with E-state index in [2.05, 4.69) is 5.10 Å². The van der Waals surface area contributed by atoms with Crippen LogP contribution in [0.1, 0.15) is 30.3 Å². The van der Waals surface area contributed by atoms with Crippen LogP contribution < -0.4 is 5.73 Å². The van der Waals surface area contributed by atoms with Crippen LogP contribution in [0, 0.1) is 13.8 Å². The first-order valence-corrected chi connectivity index (χ1v) is 8.07. The SMILES string of the molecule is Cc1nn(C2(C)CCS(=O)(=O)C2)c(C)c1CCN. The van der Waals surface area contributed by atoms with Crippen molar-refractivity contribution in [2.24, 2.45) is 5.73 Å². The third-order valence-corrected chi connectivity index (χ3v) is 5.72. The standard InChI is InChI=1S/C12H21N3O2S/c1-9-11(4-6-13)10(2)15(14-9)12(3)5-7-18(16,17)8-12/h4-8,13H2,1-3H3. The van der Waals surface area contributed by atoms with Crippen molar-refractivity contribution in [3.63, 3.8) is 0 Å².